The number of anilines is 1. The number of H-pyrrole nitrogens is 1. The second kappa shape index (κ2) is 8.64. The van der Waals surface area contributed by atoms with Crippen molar-refractivity contribution in [2.75, 3.05) is 37.7 Å². The van der Waals surface area contributed by atoms with Gasteiger partial charge in [-0.1, -0.05) is 6.07 Å². The number of aromatic amines is 1. The van der Waals surface area contributed by atoms with Gasteiger partial charge in [-0.25, -0.2) is 9.78 Å². The maximum Gasteiger partial charge on any atom is 0.418 e. The van der Waals surface area contributed by atoms with Crippen LogP contribution in [0.4, 0.5) is 10.7 Å². The molecule has 0 bridgehead atoms. The summed E-state index contributed by atoms with van der Waals surface area (Å²) in [5.41, 5.74) is 3.58. The minimum absolute atomic E-state index is 0.408. The first-order chi connectivity index (χ1) is 16.3. The van der Waals surface area contributed by atoms with E-state index in [1.807, 2.05) is 58.0 Å². The predicted molar refractivity (Wildman–Crippen MR) is 133 cm³/mol. The third-order valence-electron chi connectivity index (χ3n) is 5.71. The number of aromatic nitrogens is 4. The van der Waals surface area contributed by atoms with E-state index in [2.05, 4.69) is 15.2 Å². The van der Waals surface area contributed by atoms with Crippen molar-refractivity contribution in [1.82, 2.24) is 24.8 Å². The molecule has 0 aliphatic carbocycles. The third kappa shape index (κ3) is 4.19. The zero-order valence-electron chi connectivity index (χ0n) is 20.0. The summed E-state index contributed by atoms with van der Waals surface area (Å²) in [6.07, 6.45) is 1.31. The maximum atomic E-state index is 12.7. The first kappa shape index (κ1) is 22.2. The summed E-state index contributed by atoms with van der Waals surface area (Å²) in [6, 6.07) is 9.79. The molecule has 1 aromatic carbocycles. The van der Waals surface area contributed by atoms with E-state index in [4.69, 9.17) is 19.4 Å². The summed E-state index contributed by atoms with van der Waals surface area (Å²) < 4.78 is 13.0. The Morgan fingerprint density at radius 1 is 1.15 bits per heavy atom. The van der Waals surface area contributed by atoms with Crippen LogP contribution >= 0.6 is 0 Å². The summed E-state index contributed by atoms with van der Waals surface area (Å²) >= 11 is 0. The Balaban J connectivity index is 1.58. The molecule has 178 valence electrons. The fourth-order valence-electron chi connectivity index (χ4n) is 4.22. The molecule has 9 nitrogen and oxygen atoms in total. The van der Waals surface area contributed by atoms with Crippen molar-refractivity contribution in [3.63, 3.8) is 0 Å². The molecule has 0 atom stereocenters. The summed E-state index contributed by atoms with van der Waals surface area (Å²) in [5, 5.41) is 4.34. The van der Waals surface area contributed by atoms with Crippen LogP contribution in [-0.2, 0) is 4.74 Å². The van der Waals surface area contributed by atoms with Gasteiger partial charge in [0.2, 0.25) is 11.8 Å². The molecule has 2 N–H and O–H groups in total. The minimum Gasteiger partial charge on any atom is -0.476 e. The van der Waals surface area contributed by atoms with Crippen molar-refractivity contribution >= 4 is 34.0 Å². The Bertz CT molecular complexity index is 1340. The SMILES string of the molecule is CCOc1nc(N2CCNCC2)nc2c1[nH]c1cc(-c3cccn3C(=O)OC(C)(C)C)ccc12. The summed E-state index contributed by atoms with van der Waals surface area (Å²) in [4.78, 5) is 28.0. The van der Waals surface area contributed by atoms with Gasteiger partial charge in [0, 0.05) is 48.8 Å². The maximum absolute atomic E-state index is 12.7. The fraction of sp³-hybridized carbons (Fsp3) is 0.400. The third-order valence-corrected chi connectivity index (χ3v) is 5.71. The van der Waals surface area contributed by atoms with E-state index in [9.17, 15) is 4.79 Å². The molecular weight excluding hydrogens is 432 g/mol. The number of piperazine rings is 1. The fourth-order valence-corrected chi connectivity index (χ4v) is 4.22. The molecular formula is C25H30N6O3. The smallest absolute Gasteiger partial charge is 0.418 e. The average molecular weight is 463 g/mol. The Hall–Kier alpha value is -3.59. The lowest BCUT2D eigenvalue weighted by Gasteiger charge is -2.27. The standard InChI is InChI=1S/C25H30N6O3/c1-5-33-22-21-20(28-23(29-22)30-13-10-26-11-14-30)17-9-8-16(15-18(17)27-21)19-7-6-12-31(19)24(32)34-25(2,3)4/h6-9,12,15,26-27H,5,10-11,13-14H2,1-4H3. The van der Waals surface area contributed by atoms with E-state index < -0.39 is 11.7 Å². The van der Waals surface area contributed by atoms with E-state index in [1.165, 1.54) is 4.57 Å². The Labute approximate surface area is 198 Å². The number of rotatable bonds is 4. The molecule has 4 aromatic rings. The second-order valence-corrected chi connectivity index (χ2v) is 9.35. The average Bonchev–Trinajstić information content (AvgIpc) is 3.43. The number of nitrogens with one attached hydrogen (secondary N) is 2. The molecule has 1 aliphatic rings. The molecule has 0 saturated carbocycles. The van der Waals surface area contributed by atoms with Crippen molar-refractivity contribution in [3.8, 4) is 17.1 Å². The van der Waals surface area contributed by atoms with E-state index in [1.54, 1.807) is 6.20 Å². The number of carbonyl (C=O) groups excluding carboxylic acids is 1. The number of nitrogens with zero attached hydrogens (tertiary/aromatic N) is 4. The van der Waals surface area contributed by atoms with Gasteiger partial charge in [0.15, 0.2) is 0 Å². The first-order valence-corrected chi connectivity index (χ1v) is 11.7. The molecule has 1 fully saturated rings. The number of hydrogen-bond donors (Lipinski definition) is 2. The van der Waals surface area contributed by atoms with Gasteiger partial charge in [-0.15, -0.1) is 0 Å². The molecule has 1 saturated heterocycles. The lowest BCUT2D eigenvalue weighted by atomic mass is 10.1. The summed E-state index contributed by atoms with van der Waals surface area (Å²) in [6.45, 7) is 11.5. The minimum atomic E-state index is -0.573. The van der Waals surface area contributed by atoms with E-state index >= 15 is 0 Å². The molecule has 1 aliphatic heterocycles. The zero-order chi connectivity index (χ0) is 23.9. The summed E-state index contributed by atoms with van der Waals surface area (Å²) in [5.74, 6) is 1.23. The molecule has 34 heavy (non-hydrogen) atoms. The van der Waals surface area contributed by atoms with Crippen molar-refractivity contribution in [3.05, 3.63) is 36.5 Å². The Morgan fingerprint density at radius 3 is 2.68 bits per heavy atom. The van der Waals surface area contributed by atoms with E-state index in [0.29, 0.717) is 18.4 Å². The summed E-state index contributed by atoms with van der Waals surface area (Å²) in [7, 11) is 0. The van der Waals surface area contributed by atoms with Gasteiger partial charge in [-0.2, -0.15) is 4.98 Å². The molecule has 9 heteroatoms. The number of fused-ring (bicyclic) bond motifs is 3. The zero-order valence-corrected chi connectivity index (χ0v) is 20.0. The Kier molecular flexibility index (Phi) is 5.65. The van der Waals surface area contributed by atoms with Crippen molar-refractivity contribution in [2.24, 2.45) is 0 Å². The molecule has 0 amide bonds. The van der Waals surface area contributed by atoms with Gasteiger partial charge in [-0.3, -0.25) is 4.57 Å². The highest BCUT2D eigenvalue weighted by Gasteiger charge is 2.22. The molecule has 4 heterocycles. The van der Waals surface area contributed by atoms with Crippen LogP contribution in [0.5, 0.6) is 5.88 Å². The van der Waals surface area contributed by atoms with Crippen molar-refractivity contribution < 1.29 is 14.3 Å². The molecule has 0 spiro atoms. The van der Waals surface area contributed by atoms with Gasteiger partial charge >= 0.3 is 6.09 Å². The monoisotopic (exact) mass is 462 g/mol. The van der Waals surface area contributed by atoms with Gasteiger partial charge in [0.05, 0.1) is 12.3 Å². The number of benzene rings is 1. The van der Waals surface area contributed by atoms with Crippen LogP contribution in [-0.4, -0.2) is 64.0 Å². The van der Waals surface area contributed by atoms with Gasteiger partial charge in [0.1, 0.15) is 16.6 Å². The topological polar surface area (TPSA) is 97.3 Å². The van der Waals surface area contributed by atoms with Crippen LogP contribution in [0.2, 0.25) is 0 Å². The van der Waals surface area contributed by atoms with E-state index in [0.717, 1.165) is 59.4 Å². The quantitative estimate of drug-likeness (QED) is 0.470. The van der Waals surface area contributed by atoms with Crippen molar-refractivity contribution in [1.29, 1.82) is 0 Å². The highest BCUT2D eigenvalue weighted by molar-refractivity contribution is 6.07. The second-order valence-electron chi connectivity index (χ2n) is 9.35. The van der Waals surface area contributed by atoms with Crippen LogP contribution in [0, 0.1) is 0 Å². The lowest BCUT2D eigenvalue weighted by Crippen LogP contribution is -2.44. The molecule has 0 unspecified atom stereocenters. The van der Waals surface area contributed by atoms with Crippen molar-refractivity contribution in [2.45, 2.75) is 33.3 Å². The lowest BCUT2D eigenvalue weighted by molar-refractivity contribution is 0.0540. The molecule has 5 rings (SSSR count). The van der Waals surface area contributed by atoms with E-state index in [-0.39, 0.29) is 0 Å². The number of ether oxygens (including phenoxy) is 2. The highest BCUT2D eigenvalue weighted by atomic mass is 16.6. The van der Waals surface area contributed by atoms with Crippen LogP contribution in [0.1, 0.15) is 27.7 Å². The van der Waals surface area contributed by atoms with Gasteiger partial charge in [-0.05, 0) is 52.0 Å². The normalized spacial score (nSPS) is 14.6. The predicted octanol–water partition coefficient (Wildman–Crippen LogP) is 4.17. The van der Waals surface area contributed by atoms with Crippen LogP contribution in [0.15, 0.2) is 36.5 Å². The molecule has 0 radical (unpaired) electrons. The number of hydrogen-bond acceptors (Lipinski definition) is 7. The highest BCUT2D eigenvalue weighted by Crippen LogP contribution is 2.34. The molecule has 3 aromatic heterocycles. The van der Waals surface area contributed by atoms with Crippen LogP contribution < -0.4 is 15.0 Å². The van der Waals surface area contributed by atoms with Gasteiger partial charge in [0.25, 0.3) is 0 Å². The number of carbonyl (C=O) groups is 1. The van der Waals surface area contributed by atoms with Crippen LogP contribution in [0.3, 0.4) is 0 Å². The van der Waals surface area contributed by atoms with Crippen LogP contribution in [0.25, 0.3) is 33.2 Å². The largest absolute Gasteiger partial charge is 0.476 e. The Morgan fingerprint density at radius 2 is 1.94 bits per heavy atom. The van der Waals surface area contributed by atoms with Gasteiger partial charge < -0.3 is 24.7 Å². The first-order valence-electron chi connectivity index (χ1n) is 11.7.